The van der Waals surface area contributed by atoms with Crippen LogP contribution in [-0.4, -0.2) is 19.5 Å². The van der Waals surface area contributed by atoms with Gasteiger partial charge < -0.3 is 9.47 Å². The highest BCUT2D eigenvalue weighted by Gasteiger charge is 2.23. The summed E-state index contributed by atoms with van der Waals surface area (Å²) in [5.41, 5.74) is 0. The van der Waals surface area contributed by atoms with E-state index in [9.17, 15) is 4.39 Å². The van der Waals surface area contributed by atoms with Crippen molar-refractivity contribution in [3.05, 3.63) is 24.1 Å². The van der Waals surface area contributed by atoms with E-state index in [2.05, 4.69) is 19.1 Å². The molecule has 0 aromatic carbocycles. The average Bonchev–Trinajstić information content (AvgIpc) is 2.48. The van der Waals surface area contributed by atoms with Crippen LogP contribution in [0.15, 0.2) is 24.1 Å². The molecular weight excluding hydrogens is 255 g/mol. The third kappa shape index (κ3) is 5.37. The van der Waals surface area contributed by atoms with Crippen LogP contribution in [0.25, 0.3) is 0 Å². The third-order valence-corrected chi connectivity index (χ3v) is 4.29. The molecule has 3 heteroatoms. The maximum Gasteiger partial charge on any atom is 0.157 e. The van der Waals surface area contributed by atoms with Crippen molar-refractivity contribution in [2.45, 2.75) is 58.2 Å². The Hall–Kier alpha value is -0.670. The minimum Gasteiger partial charge on any atom is -0.352 e. The molecular formula is C17H27FO2. The van der Waals surface area contributed by atoms with Crippen LogP contribution < -0.4 is 0 Å². The number of halogens is 1. The molecule has 1 saturated heterocycles. The van der Waals surface area contributed by atoms with Crippen molar-refractivity contribution in [1.29, 1.82) is 0 Å². The molecule has 2 rings (SSSR count). The summed E-state index contributed by atoms with van der Waals surface area (Å²) in [6.45, 7) is 3.69. The Morgan fingerprint density at radius 3 is 2.65 bits per heavy atom. The van der Waals surface area contributed by atoms with E-state index in [0.717, 1.165) is 51.7 Å². The Balaban J connectivity index is 1.58. The van der Waals surface area contributed by atoms with E-state index in [1.165, 1.54) is 0 Å². The molecule has 1 aliphatic heterocycles. The fourth-order valence-corrected chi connectivity index (χ4v) is 2.91. The first-order valence-electron chi connectivity index (χ1n) is 7.96. The standard InChI is InChI=1S/C17H27FO2/c1-2-3-4-5-15-12-19-17(20-13-15)11-8-14-6-9-16(18)10-7-14/h2-3,9,14-15,17H,4-8,10-13H2,1H3/b3-2+/t14?,15-,17-. The van der Waals surface area contributed by atoms with Crippen molar-refractivity contribution in [3.63, 3.8) is 0 Å². The lowest BCUT2D eigenvalue weighted by Gasteiger charge is -2.30. The van der Waals surface area contributed by atoms with Gasteiger partial charge in [-0.1, -0.05) is 18.2 Å². The van der Waals surface area contributed by atoms with Gasteiger partial charge in [-0.2, -0.15) is 0 Å². The molecule has 0 radical (unpaired) electrons. The number of hydrogen-bond donors (Lipinski definition) is 0. The summed E-state index contributed by atoms with van der Waals surface area (Å²) in [5, 5.41) is 0. The molecule has 0 aromatic rings. The highest BCUT2D eigenvalue weighted by molar-refractivity contribution is 4.97. The van der Waals surface area contributed by atoms with Crippen molar-refractivity contribution < 1.29 is 13.9 Å². The van der Waals surface area contributed by atoms with E-state index in [1.54, 1.807) is 6.08 Å². The second-order valence-electron chi connectivity index (χ2n) is 5.98. The predicted octanol–water partition coefficient (Wildman–Crippen LogP) is 4.77. The Morgan fingerprint density at radius 2 is 2.00 bits per heavy atom. The second-order valence-corrected chi connectivity index (χ2v) is 5.98. The fourth-order valence-electron chi connectivity index (χ4n) is 2.91. The topological polar surface area (TPSA) is 18.5 Å². The second kappa shape index (κ2) is 8.58. The van der Waals surface area contributed by atoms with E-state index in [4.69, 9.17) is 9.47 Å². The normalized spacial score (nSPS) is 31.5. The van der Waals surface area contributed by atoms with Gasteiger partial charge in [-0.3, -0.25) is 0 Å². The largest absolute Gasteiger partial charge is 0.352 e. The van der Waals surface area contributed by atoms with Gasteiger partial charge in [0.15, 0.2) is 6.29 Å². The summed E-state index contributed by atoms with van der Waals surface area (Å²) >= 11 is 0. The van der Waals surface area contributed by atoms with Gasteiger partial charge in [0.2, 0.25) is 0 Å². The number of allylic oxidation sites excluding steroid dienone is 4. The number of ether oxygens (including phenoxy) is 2. The monoisotopic (exact) mass is 282 g/mol. The molecule has 20 heavy (non-hydrogen) atoms. The molecule has 0 amide bonds. The SMILES string of the molecule is C/C=C/CC[C@H]1CO[C@H](CCC2CC=C(F)CC2)OC1. The van der Waals surface area contributed by atoms with Crippen LogP contribution in [0.2, 0.25) is 0 Å². The summed E-state index contributed by atoms with van der Waals surface area (Å²) < 4.78 is 24.5. The van der Waals surface area contributed by atoms with Gasteiger partial charge in [0.1, 0.15) is 0 Å². The van der Waals surface area contributed by atoms with Crippen molar-refractivity contribution in [3.8, 4) is 0 Å². The minimum atomic E-state index is -0.0382. The van der Waals surface area contributed by atoms with Crippen LogP contribution in [0.3, 0.4) is 0 Å². The molecule has 2 aliphatic rings. The van der Waals surface area contributed by atoms with Gasteiger partial charge in [0, 0.05) is 5.92 Å². The Labute approximate surface area is 122 Å². The lowest BCUT2D eigenvalue weighted by Crippen LogP contribution is -2.32. The summed E-state index contributed by atoms with van der Waals surface area (Å²) in [6, 6.07) is 0. The van der Waals surface area contributed by atoms with Gasteiger partial charge in [0.25, 0.3) is 0 Å². The van der Waals surface area contributed by atoms with E-state index < -0.39 is 0 Å². The molecule has 0 bridgehead atoms. The van der Waals surface area contributed by atoms with E-state index in [0.29, 0.717) is 18.3 Å². The first-order chi connectivity index (χ1) is 9.78. The quantitative estimate of drug-likeness (QED) is 0.654. The highest BCUT2D eigenvalue weighted by atomic mass is 19.1. The summed E-state index contributed by atoms with van der Waals surface area (Å²) in [6.07, 6.45) is 12.7. The molecule has 0 N–H and O–H groups in total. The minimum absolute atomic E-state index is 0.0382. The molecule has 1 fully saturated rings. The first-order valence-corrected chi connectivity index (χ1v) is 7.96. The maximum absolute atomic E-state index is 12.9. The average molecular weight is 282 g/mol. The van der Waals surface area contributed by atoms with Gasteiger partial charge in [-0.15, -0.1) is 0 Å². The molecule has 1 unspecified atom stereocenters. The molecule has 114 valence electrons. The van der Waals surface area contributed by atoms with Crippen molar-refractivity contribution in [1.82, 2.24) is 0 Å². The number of hydrogen-bond acceptors (Lipinski definition) is 2. The lowest BCUT2D eigenvalue weighted by atomic mass is 9.89. The smallest absolute Gasteiger partial charge is 0.157 e. The van der Waals surface area contributed by atoms with Crippen molar-refractivity contribution >= 4 is 0 Å². The Bertz CT molecular complexity index is 330. The predicted molar refractivity (Wildman–Crippen MR) is 79.0 cm³/mol. The molecule has 0 saturated carbocycles. The van der Waals surface area contributed by atoms with Crippen LogP contribution >= 0.6 is 0 Å². The molecule has 0 spiro atoms. The zero-order valence-corrected chi connectivity index (χ0v) is 12.5. The van der Waals surface area contributed by atoms with Gasteiger partial charge >= 0.3 is 0 Å². The van der Waals surface area contributed by atoms with Crippen LogP contribution in [0, 0.1) is 11.8 Å². The van der Waals surface area contributed by atoms with Crippen LogP contribution in [0.1, 0.15) is 51.9 Å². The molecule has 0 aromatic heterocycles. The zero-order valence-electron chi connectivity index (χ0n) is 12.5. The van der Waals surface area contributed by atoms with Crippen LogP contribution in [0.5, 0.6) is 0 Å². The zero-order chi connectivity index (χ0) is 14.2. The van der Waals surface area contributed by atoms with Crippen molar-refractivity contribution in [2.24, 2.45) is 11.8 Å². The fraction of sp³-hybridized carbons (Fsp3) is 0.765. The van der Waals surface area contributed by atoms with Crippen LogP contribution in [-0.2, 0) is 9.47 Å². The van der Waals surface area contributed by atoms with Gasteiger partial charge in [0.05, 0.1) is 19.0 Å². The van der Waals surface area contributed by atoms with Gasteiger partial charge in [-0.25, -0.2) is 4.39 Å². The van der Waals surface area contributed by atoms with Crippen LogP contribution in [0.4, 0.5) is 4.39 Å². The lowest BCUT2D eigenvalue weighted by molar-refractivity contribution is -0.204. The Kier molecular flexibility index (Phi) is 6.74. The first kappa shape index (κ1) is 15.7. The van der Waals surface area contributed by atoms with Gasteiger partial charge in [-0.05, 0) is 57.8 Å². The molecule has 2 nitrogen and oxygen atoms in total. The molecule has 1 atom stereocenters. The van der Waals surface area contributed by atoms with E-state index in [1.807, 2.05) is 0 Å². The Morgan fingerprint density at radius 1 is 1.20 bits per heavy atom. The third-order valence-electron chi connectivity index (χ3n) is 4.29. The number of rotatable bonds is 6. The van der Waals surface area contributed by atoms with E-state index in [-0.39, 0.29) is 12.1 Å². The summed E-state index contributed by atoms with van der Waals surface area (Å²) in [7, 11) is 0. The molecule has 1 heterocycles. The highest BCUT2D eigenvalue weighted by Crippen LogP contribution is 2.29. The summed E-state index contributed by atoms with van der Waals surface area (Å²) in [4.78, 5) is 0. The van der Waals surface area contributed by atoms with E-state index >= 15 is 0 Å². The summed E-state index contributed by atoms with van der Waals surface area (Å²) in [5.74, 6) is 1.21. The van der Waals surface area contributed by atoms with Crippen molar-refractivity contribution in [2.75, 3.05) is 13.2 Å². The molecule has 1 aliphatic carbocycles. The maximum atomic E-state index is 12.9.